The molecule has 0 unspecified atom stereocenters. The van der Waals surface area contributed by atoms with E-state index in [-0.39, 0.29) is 0 Å². The number of aromatic nitrogens is 2. The highest BCUT2D eigenvalue weighted by Crippen LogP contribution is 2.29. The van der Waals surface area contributed by atoms with Crippen LogP contribution in [0.15, 0.2) is 24.5 Å². The summed E-state index contributed by atoms with van der Waals surface area (Å²) < 4.78 is 14.0. The van der Waals surface area contributed by atoms with Crippen LogP contribution in [0, 0.1) is 0 Å². The van der Waals surface area contributed by atoms with Crippen LogP contribution in [0.2, 0.25) is 0 Å². The molecule has 0 aliphatic rings. The molecule has 2 N–H and O–H groups in total. The van der Waals surface area contributed by atoms with Gasteiger partial charge in [-0.25, -0.2) is 9.78 Å². The van der Waals surface area contributed by atoms with Gasteiger partial charge in [0.2, 0.25) is 5.13 Å². The number of hydrogen-bond acceptors (Lipinski definition) is 6. The highest BCUT2D eigenvalue weighted by Gasteiger charge is 2.08. The fourth-order valence-corrected chi connectivity index (χ4v) is 1.83. The topological polar surface area (TPSA) is 85.4 Å². The van der Waals surface area contributed by atoms with E-state index in [2.05, 4.69) is 20.0 Å². The van der Waals surface area contributed by atoms with Crippen LogP contribution in [-0.4, -0.2) is 29.6 Å². The molecule has 0 fully saturated rings. The van der Waals surface area contributed by atoms with Gasteiger partial charge in [0.05, 0.1) is 14.2 Å². The van der Waals surface area contributed by atoms with Gasteiger partial charge in [-0.3, -0.25) is 5.32 Å². The van der Waals surface area contributed by atoms with Crippen molar-refractivity contribution in [3.63, 3.8) is 0 Å². The lowest BCUT2D eigenvalue weighted by atomic mass is 10.3. The molecule has 0 atom stereocenters. The molecule has 0 radical (unpaired) electrons. The molecule has 1 aromatic heterocycles. The van der Waals surface area contributed by atoms with Crippen molar-refractivity contribution in [2.75, 3.05) is 24.9 Å². The molecule has 0 aliphatic heterocycles. The molecule has 1 aromatic carbocycles. The smallest absolute Gasteiger partial charge is 0.325 e. The van der Waals surface area contributed by atoms with Gasteiger partial charge < -0.3 is 14.8 Å². The maximum absolute atomic E-state index is 11.7. The fraction of sp³-hybridized carbons (Fsp3) is 0.182. The summed E-state index contributed by atoms with van der Waals surface area (Å²) in [6, 6.07) is 4.68. The number of nitrogens with one attached hydrogen (secondary N) is 2. The number of nitrogens with zero attached hydrogens (tertiary/aromatic N) is 2. The van der Waals surface area contributed by atoms with Gasteiger partial charge in [0.25, 0.3) is 0 Å². The third kappa shape index (κ3) is 3.32. The number of anilines is 2. The van der Waals surface area contributed by atoms with Crippen LogP contribution < -0.4 is 20.1 Å². The second-order valence-electron chi connectivity index (χ2n) is 3.40. The first kappa shape index (κ1) is 13.1. The van der Waals surface area contributed by atoms with Crippen molar-refractivity contribution < 1.29 is 14.3 Å². The molecule has 2 amide bonds. The van der Waals surface area contributed by atoms with Crippen LogP contribution >= 0.6 is 11.5 Å². The monoisotopic (exact) mass is 280 g/mol. The van der Waals surface area contributed by atoms with E-state index in [0.717, 1.165) is 11.5 Å². The van der Waals surface area contributed by atoms with Crippen molar-refractivity contribution in [1.82, 2.24) is 9.36 Å². The Labute approximate surface area is 113 Å². The summed E-state index contributed by atoms with van der Waals surface area (Å²) in [5.74, 6) is 1.13. The van der Waals surface area contributed by atoms with Gasteiger partial charge in [-0.05, 0) is 12.1 Å². The van der Waals surface area contributed by atoms with Gasteiger partial charge in [0.1, 0.15) is 6.33 Å². The van der Waals surface area contributed by atoms with Crippen molar-refractivity contribution >= 4 is 28.4 Å². The van der Waals surface area contributed by atoms with Crippen molar-refractivity contribution in [1.29, 1.82) is 0 Å². The Hall–Kier alpha value is -2.35. The molecule has 0 saturated carbocycles. The highest BCUT2D eigenvalue weighted by atomic mass is 32.1. The predicted molar refractivity (Wildman–Crippen MR) is 72.1 cm³/mol. The molecular formula is C11H12N4O3S. The van der Waals surface area contributed by atoms with Crippen LogP contribution in [0.25, 0.3) is 0 Å². The summed E-state index contributed by atoms with van der Waals surface area (Å²) in [4.78, 5) is 15.5. The van der Waals surface area contributed by atoms with E-state index >= 15 is 0 Å². The van der Waals surface area contributed by atoms with Crippen LogP contribution in [-0.2, 0) is 0 Å². The van der Waals surface area contributed by atoms with Crippen molar-refractivity contribution in [3.8, 4) is 11.5 Å². The van der Waals surface area contributed by atoms with Gasteiger partial charge in [-0.15, -0.1) is 0 Å². The maximum Gasteiger partial charge on any atom is 0.325 e. The number of ether oxygens (including phenoxy) is 2. The molecule has 2 rings (SSSR count). The lowest BCUT2D eigenvalue weighted by molar-refractivity contribution is 0.262. The number of urea groups is 1. The van der Waals surface area contributed by atoms with E-state index in [1.807, 2.05) is 0 Å². The van der Waals surface area contributed by atoms with E-state index in [0.29, 0.717) is 22.3 Å². The predicted octanol–water partition coefficient (Wildman–Crippen LogP) is 2.20. The van der Waals surface area contributed by atoms with Gasteiger partial charge in [-0.1, -0.05) is 0 Å². The zero-order valence-electron chi connectivity index (χ0n) is 10.3. The second kappa shape index (κ2) is 6.01. The average molecular weight is 280 g/mol. The summed E-state index contributed by atoms with van der Waals surface area (Å²) in [6.45, 7) is 0. The lowest BCUT2D eigenvalue weighted by Crippen LogP contribution is -2.19. The molecular weight excluding hydrogens is 268 g/mol. The Kier molecular flexibility index (Phi) is 4.14. The molecule has 7 nitrogen and oxygen atoms in total. The Morgan fingerprint density at radius 3 is 2.63 bits per heavy atom. The molecule has 0 bridgehead atoms. The molecule has 1 heterocycles. The number of carbonyl (C=O) groups is 1. The number of amides is 2. The molecule has 19 heavy (non-hydrogen) atoms. The highest BCUT2D eigenvalue weighted by molar-refractivity contribution is 7.09. The van der Waals surface area contributed by atoms with E-state index in [9.17, 15) is 4.79 Å². The van der Waals surface area contributed by atoms with E-state index < -0.39 is 6.03 Å². The van der Waals surface area contributed by atoms with Crippen molar-refractivity contribution in [2.45, 2.75) is 0 Å². The zero-order valence-corrected chi connectivity index (χ0v) is 11.2. The summed E-state index contributed by atoms with van der Waals surface area (Å²) in [5.41, 5.74) is 0.583. The largest absolute Gasteiger partial charge is 0.493 e. The molecule has 8 heteroatoms. The summed E-state index contributed by atoms with van der Waals surface area (Å²) in [6.07, 6.45) is 1.37. The molecule has 0 aliphatic carbocycles. The first-order chi connectivity index (χ1) is 9.22. The molecule has 100 valence electrons. The van der Waals surface area contributed by atoms with Gasteiger partial charge >= 0.3 is 6.03 Å². The van der Waals surface area contributed by atoms with Gasteiger partial charge in [-0.2, -0.15) is 4.37 Å². The van der Waals surface area contributed by atoms with Crippen LogP contribution in [0.3, 0.4) is 0 Å². The molecule has 0 saturated heterocycles. The Morgan fingerprint density at radius 1 is 1.21 bits per heavy atom. The third-order valence-electron chi connectivity index (χ3n) is 2.22. The van der Waals surface area contributed by atoms with Crippen LogP contribution in [0.1, 0.15) is 0 Å². The summed E-state index contributed by atoms with van der Waals surface area (Å²) >= 11 is 1.10. The normalized spacial score (nSPS) is 9.79. The van der Waals surface area contributed by atoms with E-state index in [1.54, 1.807) is 25.3 Å². The minimum atomic E-state index is -0.399. The number of benzene rings is 1. The minimum Gasteiger partial charge on any atom is -0.493 e. The minimum absolute atomic E-state index is 0.399. The van der Waals surface area contributed by atoms with Gasteiger partial charge in [0, 0.05) is 23.3 Å². The van der Waals surface area contributed by atoms with E-state index in [1.165, 1.54) is 13.4 Å². The van der Waals surface area contributed by atoms with Crippen LogP contribution in [0.4, 0.5) is 15.6 Å². The van der Waals surface area contributed by atoms with Crippen molar-refractivity contribution in [2.24, 2.45) is 0 Å². The molecule has 0 spiro atoms. The first-order valence-electron chi connectivity index (χ1n) is 5.29. The Morgan fingerprint density at radius 2 is 2.00 bits per heavy atom. The number of rotatable bonds is 4. The number of carbonyl (C=O) groups excluding carboxylic acids is 1. The maximum atomic E-state index is 11.7. The molecule has 2 aromatic rings. The number of hydrogen-bond donors (Lipinski definition) is 2. The average Bonchev–Trinajstić information content (AvgIpc) is 2.91. The van der Waals surface area contributed by atoms with E-state index in [4.69, 9.17) is 9.47 Å². The third-order valence-corrected chi connectivity index (χ3v) is 2.80. The summed E-state index contributed by atoms with van der Waals surface area (Å²) in [5, 5.41) is 5.65. The fourth-order valence-electron chi connectivity index (χ4n) is 1.40. The Balaban J connectivity index is 2.04. The zero-order chi connectivity index (χ0) is 13.7. The first-order valence-corrected chi connectivity index (χ1v) is 6.07. The Bertz CT molecular complexity index is 559. The van der Waals surface area contributed by atoms with Crippen molar-refractivity contribution in [3.05, 3.63) is 24.5 Å². The summed E-state index contributed by atoms with van der Waals surface area (Å²) in [7, 11) is 3.08. The SMILES string of the molecule is COc1ccc(NC(=O)Nc2ncns2)cc1OC. The number of methoxy groups -OCH3 is 2. The lowest BCUT2D eigenvalue weighted by Gasteiger charge is -2.10. The van der Waals surface area contributed by atoms with Crippen LogP contribution in [0.5, 0.6) is 11.5 Å². The standard InChI is InChI=1S/C11H12N4O3S/c1-17-8-4-3-7(5-9(8)18-2)14-10(16)15-11-12-6-13-19-11/h3-6H,1-2H3,(H2,12,13,14,15,16). The van der Waals surface area contributed by atoms with Gasteiger partial charge in [0.15, 0.2) is 11.5 Å². The second-order valence-corrected chi connectivity index (χ2v) is 4.18. The quantitative estimate of drug-likeness (QED) is 0.896.